The molecule has 0 unspecified atom stereocenters. The van der Waals surface area contributed by atoms with Crippen LogP contribution in [-0.4, -0.2) is 26.8 Å². The van der Waals surface area contributed by atoms with E-state index >= 15 is 0 Å². The summed E-state index contributed by atoms with van der Waals surface area (Å²) in [5, 5.41) is 4.24. The summed E-state index contributed by atoms with van der Waals surface area (Å²) in [6.45, 7) is -0.189. The number of carbonyl (C=O) groups excluding carboxylic acids is 2. The molecule has 1 atom stereocenters. The highest BCUT2D eigenvalue weighted by Gasteiger charge is 2.32. The lowest BCUT2D eigenvalue weighted by atomic mass is 10.2. The van der Waals surface area contributed by atoms with Gasteiger partial charge in [-0.3, -0.25) is 9.59 Å². The average Bonchev–Trinajstić information content (AvgIpc) is 3.28. The first-order valence-electron chi connectivity index (χ1n) is 9.01. The molecular formula is C21H19ClN2O5S. The molecule has 3 aromatic rings. The maximum absolute atomic E-state index is 13.0. The number of benzene rings is 2. The molecule has 0 saturated heterocycles. The van der Waals surface area contributed by atoms with E-state index < -0.39 is 26.9 Å². The van der Waals surface area contributed by atoms with Crippen molar-refractivity contribution in [1.82, 2.24) is 10.6 Å². The molecule has 2 amide bonds. The second-order valence-electron chi connectivity index (χ2n) is 6.38. The van der Waals surface area contributed by atoms with E-state index in [1.165, 1.54) is 24.5 Å². The van der Waals surface area contributed by atoms with Gasteiger partial charge in [-0.1, -0.05) is 41.9 Å². The van der Waals surface area contributed by atoms with Crippen molar-refractivity contribution >= 4 is 33.3 Å². The van der Waals surface area contributed by atoms with Crippen LogP contribution in [-0.2, 0) is 26.0 Å². The minimum atomic E-state index is -3.86. The number of hydrogen-bond acceptors (Lipinski definition) is 5. The highest BCUT2D eigenvalue weighted by molar-refractivity contribution is 7.91. The van der Waals surface area contributed by atoms with E-state index in [1.807, 2.05) is 0 Å². The molecule has 9 heteroatoms. The first-order chi connectivity index (χ1) is 14.4. The van der Waals surface area contributed by atoms with E-state index in [1.54, 1.807) is 48.5 Å². The minimum Gasteiger partial charge on any atom is -0.468 e. The van der Waals surface area contributed by atoms with Crippen LogP contribution in [0.3, 0.4) is 0 Å². The summed E-state index contributed by atoms with van der Waals surface area (Å²) in [4.78, 5) is 24.4. The van der Waals surface area contributed by atoms with E-state index in [9.17, 15) is 18.0 Å². The van der Waals surface area contributed by atoms with E-state index in [-0.39, 0.29) is 23.7 Å². The highest BCUT2D eigenvalue weighted by atomic mass is 35.5. The summed E-state index contributed by atoms with van der Waals surface area (Å²) in [5.41, 5.74) is 0.765. The smallest absolute Gasteiger partial charge is 0.309 e. The van der Waals surface area contributed by atoms with E-state index in [0.29, 0.717) is 5.02 Å². The van der Waals surface area contributed by atoms with Crippen molar-refractivity contribution in [2.75, 3.05) is 6.54 Å². The van der Waals surface area contributed by atoms with Crippen LogP contribution in [0.4, 0.5) is 0 Å². The van der Waals surface area contributed by atoms with Gasteiger partial charge in [-0.2, -0.15) is 0 Å². The fraction of sp³-hybridized carbons (Fsp3) is 0.143. The van der Waals surface area contributed by atoms with Crippen LogP contribution in [0.1, 0.15) is 16.6 Å². The number of furan rings is 1. The van der Waals surface area contributed by atoms with Crippen molar-refractivity contribution in [3.8, 4) is 0 Å². The zero-order valence-corrected chi connectivity index (χ0v) is 17.3. The lowest BCUT2D eigenvalue weighted by molar-refractivity contribution is -0.139. The first kappa shape index (κ1) is 21.6. The number of nitrogens with one attached hydrogen (secondary N) is 2. The predicted octanol–water partition coefficient (Wildman–Crippen LogP) is 2.88. The summed E-state index contributed by atoms with van der Waals surface area (Å²) in [6.07, 6.45) is 1.35. The standard InChI is InChI=1S/C21H19ClN2O5S/c22-16-10-8-15(9-11-16)13-23-20(25)21(26)24-14-19(18-7-4-12-29-18)30(27,28)17-5-2-1-3-6-17/h1-12,19H,13-14H2,(H,23,25)(H,24,26)/t19-/m1/s1. The quantitative estimate of drug-likeness (QED) is 0.543. The van der Waals surface area contributed by atoms with Crippen LogP contribution in [0.2, 0.25) is 5.02 Å². The van der Waals surface area contributed by atoms with Gasteiger partial charge in [0.2, 0.25) is 0 Å². The topological polar surface area (TPSA) is 105 Å². The second-order valence-corrected chi connectivity index (χ2v) is 8.95. The lowest BCUT2D eigenvalue weighted by Crippen LogP contribution is -2.42. The molecule has 0 spiro atoms. The Hall–Kier alpha value is -3.10. The summed E-state index contributed by atoms with van der Waals surface area (Å²) < 4.78 is 31.3. The Labute approximate surface area is 179 Å². The minimum absolute atomic E-state index is 0.0906. The predicted molar refractivity (Wildman–Crippen MR) is 111 cm³/mol. The highest BCUT2D eigenvalue weighted by Crippen LogP contribution is 2.28. The number of rotatable bonds is 7. The Bertz CT molecular complexity index is 1100. The Morgan fingerprint density at radius 2 is 1.57 bits per heavy atom. The summed E-state index contributed by atoms with van der Waals surface area (Å²) in [6, 6.07) is 17.7. The van der Waals surface area contributed by atoms with Gasteiger partial charge in [0.15, 0.2) is 9.84 Å². The van der Waals surface area contributed by atoms with Crippen molar-refractivity contribution in [3.05, 3.63) is 89.3 Å². The third-order valence-corrected chi connectivity index (χ3v) is 6.66. The maximum atomic E-state index is 13.0. The molecule has 156 valence electrons. The van der Waals surface area contributed by atoms with Crippen molar-refractivity contribution in [2.24, 2.45) is 0 Å². The first-order valence-corrected chi connectivity index (χ1v) is 10.9. The molecule has 0 saturated carbocycles. The van der Waals surface area contributed by atoms with E-state index in [4.69, 9.17) is 16.0 Å². The van der Waals surface area contributed by atoms with Gasteiger partial charge in [-0.05, 0) is 42.0 Å². The molecule has 30 heavy (non-hydrogen) atoms. The second kappa shape index (κ2) is 9.60. The van der Waals surface area contributed by atoms with Crippen LogP contribution in [0, 0.1) is 0 Å². The average molecular weight is 447 g/mol. The van der Waals surface area contributed by atoms with Gasteiger partial charge in [-0.25, -0.2) is 8.42 Å². The molecule has 1 aromatic heterocycles. The summed E-state index contributed by atoms with van der Waals surface area (Å²) >= 11 is 5.81. The van der Waals surface area contributed by atoms with Crippen LogP contribution in [0.5, 0.6) is 0 Å². The van der Waals surface area contributed by atoms with Crippen LogP contribution in [0.25, 0.3) is 0 Å². The zero-order chi connectivity index (χ0) is 21.6. The Balaban J connectivity index is 1.66. The molecule has 0 radical (unpaired) electrons. The van der Waals surface area contributed by atoms with Gasteiger partial charge in [0, 0.05) is 18.1 Å². The van der Waals surface area contributed by atoms with Crippen molar-refractivity contribution < 1.29 is 22.4 Å². The Morgan fingerprint density at radius 1 is 0.900 bits per heavy atom. The monoisotopic (exact) mass is 446 g/mol. The molecule has 1 heterocycles. The zero-order valence-electron chi connectivity index (χ0n) is 15.7. The van der Waals surface area contributed by atoms with Crippen molar-refractivity contribution in [1.29, 1.82) is 0 Å². The molecule has 0 aliphatic carbocycles. The van der Waals surface area contributed by atoms with Crippen LogP contribution in [0.15, 0.2) is 82.3 Å². The summed E-state index contributed by atoms with van der Waals surface area (Å²) in [5.74, 6) is -1.65. The largest absolute Gasteiger partial charge is 0.468 e. The van der Waals surface area contributed by atoms with Crippen LogP contribution >= 0.6 is 11.6 Å². The fourth-order valence-electron chi connectivity index (χ4n) is 2.74. The van der Waals surface area contributed by atoms with Gasteiger partial charge in [0.1, 0.15) is 11.0 Å². The molecule has 0 bridgehead atoms. The number of hydrogen-bond donors (Lipinski definition) is 2. The SMILES string of the molecule is O=C(NCc1ccc(Cl)cc1)C(=O)NC[C@H](c1ccco1)S(=O)(=O)c1ccccc1. The number of halogens is 1. The summed E-state index contributed by atoms with van der Waals surface area (Å²) in [7, 11) is -3.86. The van der Waals surface area contributed by atoms with Gasteiger partial charge < -0.3 is 15.1 Å². The maximum Gasteiger partial charge on any atom is 0.309 e. The third-order valence-electron chi connectivity index (χ3n) is 4.33. The number of amides is 2. The molecular weight excluding hydrogens is 428 g/mol. The van der Waals surface area contributed by atoms with Crippen LogP contribution < -0.4 is 10.6 Å². The van der Waals surface area contributed by atoms with Gasteiger partial charge in [0.25, 0.3) is 0 Å². The molecule has 0 aliphatic heterocycles. The Kier molecular flexibility index (Phi) is 6.91. The van der Waals surface area contributed by atoms with Gasteiger partial charge in [-0.15, -0.1) is 0 Å². The molecule has 2 aromatic carbocycles. The third kappa shape index (κ3) is 5.28. The fourth-order valence-corrected chi connectivity index (χ4v) is 4.48. The molecule has 7 nitrogen and oxygen atoms in total. The van der Waals surface area contributed by atoms with Crippen molar-refractivity contribution in [3.63, 3.8) is 0 Å². The normalized spacial score (nSPS) is 12.2. The molecule has 0 aliphatic rings. The Morgan fingerprint density at radius 3 is 2.20 bits per heavy atom. The molecule has 2 N–H and O–H groups in total. The van der Waals surface area contributed by atoms with E-state index in [2.05, 4.69) is 10.6 Å². The van der Waals surface area contributed by atoms with Gasteiger partial charge >= 0.3 is 11.8 Å². The molecule has 0 fully saturated rings. The lowest BCUT2D eigenvalue weighted by Gasteiger charge is -2.16. The number of sulfone groups is 1. The van der Waals surface area contributed by atoms with E-state index in [0.717, 1.165) is 5.56 Å². The van der Waals surface area contributed by atoms with Crippen molar-refractivity contribution in [2.45, 2.75) is 16.7 Å². The van der Waals surface area contributed by atoms with Gasteiger partial charge in [0.05, 0.1) is 11.2 Å². The number of carbonyl (C=O) groups is 2. The molecule has 3 rings (SSSR count).